The minimum Gasteiger partial charge on any atom is -0.464 e. The Labute approximate surface area is 133 Å². The average Bonchev–Trinajstić information content (AvgIpc) is 2.95. The van der Waals surface area contributed by atoms with Crippen LogP contribution in [0.25, 0.3) is 0 Å². The second-order valence-corrected chi connectivity index (χ2v) is 6.68. The molecule has 2 aliphatic heterocycles. The van der Waals surface area contributed by atoms with Crippen molar-refractivity contribution >= 4 is 5.97 Å². The number of ether oxygens (including phenoxy) is 1. The topological polar surface area (TPSA) is 32.8 Å². The van der Waals surface area contributed by atoms with Gasteiger partial charge in [0.25, 0.3) is 0 Å². The van der Waals surface area contributed by atoms with Crippen molar-refractivity contribution < 1.29 is 9.53 Å². The molecule has 1 aromatic rings. The van der Waals surface area contributed by atoms with Crippen molar-refractivity contribution in [1.29, 1.82) is 0 Å². The first kappa shape index (κ1) is 15.5. The Morgan fingerprint density at radius 3 is 2.36 bits per heavy atom. The molecule has 120 valence electrons. The molecule has 22 heavy (non-hydrogen) atoms. The average molecular weight is 302 g/mol. The number of benzene rings is 1. The molecule has 0 spiro atoms. The highest BCUT2D eigenvalue weighted by molar-refractivity contribution is 5.77. The lowest BCUT2D eigenvalue weighted by Crippen LogP contribution is -2.51. The Balaban J connectivity index is 1.50. The lowest BCUT2D eigenvalue weighted by Gasteiger charge is -2.36. The SMILES string of the molecule is CC(C)c1ccc(CN2CCN(C3CCOC3=O)CC2)cc1. The zero-order valence-corrected chi connectivity index (χ0v) is 13.6. The number of carbonyl (C=O) groups excluding carboxylic acids is 1. The molecule has 4 nitrogen and oxygen atoms in total. The van der Waals surface area contributed by atoms with Crippen LogP contribution in [0.2, 0.25) is 0 Å². The van der Waals surface area contributed by atoms with Gasteiger partial charge in [-0.25, -0.2) is 0 Å². The van der Waals surface area contributed by atoms with Gasteiger partial charge in [-0.1, -0.05) is 38.1 Å². The van der Waals surface area contributed by atoms with E-state index >= 15 is 0 Å². The van der Waals surface area contributed by atoms with Gasteiger partial charge in [0.2, 0.25) is 0 Å². The monoisotopic (exact) mass is 302 g/mol. The molecule has 1 unspecified atom stereocenters. The van der Waals surface area contributed by atoms with E-state index < -0.39 is 0 Å². The van der Waals surface area contributed by atoms with Gasteiger partial charge < -0.3 is 4.74 Å². The molecule has 0 amide bonds. The number of carbonyl (C=O) groups is 1. The summed E-state index contributed by atoms with van der Waals surface area (Å²) in [5, 5.41) is 0. The van der Waals surface area contributed by atoms with Crippen LogP contribution in [-0.4, -0.2) is 54.6 Å². The first-order chi connectivity index (χ1) is 10.6. The predicted molar refractivity (Wildman–Crippen MR) is 86.7 cm³/mol. The van der Waals surface area contributed by atoms with E-state index in [1.54, 1.807) is 0 Å². The van der Waals surface area contributed by atoms with Crippen LogP contribution in [0.3, 0.4) is 0 Å². The fraction of sp³-hybridized carbons (Fsp3) is 0.611. The smallest absolute Gasteiger partial charge is 0.323 e. The van der Waals surface area contributed by atoms with Crippen molar-refractivity contribution in [2.24, 2.45) is 0 Å². The summed E-state index contributed by atoms with van der Waals surface area (Å²) in [7, 11) is 0. The summed E-state index contributed by atoms with van der Waals surface area (Å²) in [5.41, 5.74) is 2.77. The molecule has 0 aromatic heterocycles. The molecule has 0 saturated carbocycles. The molecule has 1 atom stereocenters. The Morgan fingerprint density at radius 1 is 1.14 bits per heavy atom. The number of piperazine rings is 1. The maximum absolute atomic E-state index is 11.7. The van der Waals surface area contributed by atoms with Gasteiger partial charge in [0.05, 0.1) is 6.61 Å². The molecule has 3 rings (SSSR count). The highest BCUT2D eigenvalue weighted by Crippen LogP contribution is 2.18. The quantitative estimate of drug-likeness (QED) is 0.799. The van der Waals surface area contributed by atoms with E-state index in [0.717, 1.165) is 39.1 Å². The lowest BCUT2D eigenvalue weighted by molar-refractivity contribution is -0.142. The molecule has 4 heteroatoms. The molecule has 2 aliphatic rings. The van der Waals surface area contributed by atoms with Crippen molar-refractivity contribution in [3.63, 3.8) is 0 Å². The molecule has 0 radical (unpaired) electrons. The van der Waals surface area contributed by atoms with Gasteiger partial charge in [0, 0.05) is 39.1 Å². The fourth-order valence-corrected chi connectivity index (χ4v) is 3.32. The normalized spacial score (nSPS) is 24.0. The molecule has 0 aliphatic carbocycles. The second-order valence-electron chi connectivity index (χ2n) is 6.68. The largest absolute Gasteiger partial charge is 0.464 e. The first-order valence-electron chi connectivity index (χ1n) is 8.35. The molecule has 2 fully saturated rings. The molecular weight excluding hydrogens is 276 g/mol. The summed E-state index contributed by atoms with van der Waals surface area (Å²) in [6.07, 6.45) is 0.857. The van der Waals surface area contributed by atoms with Crippen LogP contribution in [0, 0.1) is 0 Å². The molecule has 2 saturated heterocycles. The van der Waals surface area contributed by atoms with Gasteiger partial charge in [0.1, 0.15) is 6.04 Å². The molecule has 0 N–H and O–H groups in total. The zero-order chi connectivity index (χ0) is 15.5. The summed E-state index contributed by atoms with van der Waals surface area (Å²) in [6.45, 7) is 10.0. The Bertz CT molecular complexity index is 504. The summed E-state index contributed by atoms with van der Waals surface area (Å²) >= 11 is 0. The van der Waals surface area contributed by atoms with Gasteiger partial charge in [-0.15, -0.1) is 0 Å². The lowest BCUT2D eigenvalue weighted by atomic mass is 10.0. The maximum Gasteiger partial charge on any atom is 0.323 e. The number of hydrogen-bond donors (Lipinski definition) is 0. The van der Waals surface area contributed by atoms with Gasteiger partial charge >= 0.3 is 5.97 Å². The minimum absolute atomic E-state index is 0.00692. The van der Waals surface area contributed by atoms with Gasteiger partial charge in [-0.3, -0.25) is 14.6 Å². The van der Waals surface area contributed by atoms with Gasteiger partial charge in [-0.05, 0) is 17.0 Å². The van der Waals surface area contributed by atoms with E-state index in [0.29, 0.717) is 12.5 Å². The zero-order valence-electron chi connectivity index (χ0n) is 13.6. The van der Waals surface area contributed by atoms with Crippen molar-refractivity contribution in [1.82, 2.24) is 9.80 Å². The highest BCUT2D eigenvalue weighted by Gasteiger charge is 2.33. The summed E-state index contributed by atoms with van der Waals surface area (Å²) in [5.74, 6) is 0.557. The van der Waals surface area contributed by atoms with Gasteiger partial charge in [-0.2, -0.15) is 0 Å². The molecule has 0 bridgehead atoms. The van der Waals surface area contributed by atoms with E-state index in [1.165, 1.54) is 11.1 Å². The van der Waals surface area contributed by atoms with Crippen molar-refractivity contribution in [2.45, 2.75) is 38.8 Å². The van der Waals surface area contributed by atoms with E-state index in [1.807, 2.05) is 0 Å². The van der Waals surface area contributed by atoms with Crippen LogP contribution >= 0.6 is 0 Å². The third kappa shape index (κ3) is 3.50. The third-order valence-corrected chi connectivity index (χ3v) is 4.81. The van der Waals surface area contributed by atoms with Crippen LogP contribution in [0.15, 0.2) is 24.3 Å². The van der Waals surface area contributed by atoms with Crippen molar-refractivity contribution in [3.8, 4) is 0 Å². The number of cyclic esters (lactones) is 1. The van der Waals surface area contributed by atoms with Gasteiger partial charge in [0.15, 0.2) is 0 Å². The molecule has 2 heterocycles. The summed E-state index contributed by atoms with van der Waals surface area (Å²) in [4.78, 5) is 16.4. The van der Waals surface area contributed by atoms with Crippen LogP contribution < -0.4 is 0 Å². The van der Waals surface area contributed by atoms with Crippen LogP contribution in [0.1, 0.15) is 37.3 Å². The van der Waals surface area contributed by atoms with E-state index in [-0.39, 0.29) is 12.0 Å². The van der Waals surface area contributed by atoms with E-state index in [9.17, 15) is 4.79 Å². The molecular formula is C18H26N2O2. The number of esters is 1. The van der Waals surface area contributed by atoms with Crippen LogP contribution in [0.5, 0.6) is 0 Å². The van der Waals surface area contributed by atoms with E-state index in [2.05, 4.69) is 47.9 Å². The summed E-state index contributed by atoms with van der Waals surface area (Å²) < 4.78 is 5.08. The molecule has 1 aromatic carbocycles. The minimum atomic E-state index is -0.0299. The predicted octanol–water partition coefficient (Wildman–Crippen LogP) is 2.24. The number of hydrogen-bond acceptors (Lipinski definition) is 4. The van der Waals surface area contributed by atoms with Crippen LogP contribution in [-0.2, 0) is 16.1 Å². The van der Waals surface area contributed by atoms with Crippen molar-refractivity contribution in [2.75, 3.05) is 32.8 Å². The third-order valence-electron chi connectivity index (χ3n) is 4.81. The highest BCUT2D eigenvalue weighted by atomic mass is 16.5. The summed E-state index contributed by atoms with van der Waals surface area (Å²) in [6, 6.07) is 8.98. The number of nitrogens with zero attached hydrogens (tertiary/aromatic N) is 2. The van der Waals surface area contributed by atoms with Crippen LogP contribution in [0.4, 0.5) is 0 Å². The Hall–Kier alpha value is -1.39. The Kier molecular flexibility index (Phi) is 4.79. The second kappa shape index (κ2) is 6.80. The Morgan fingerprint density at radius 2 is 1.82 bits per heavy atom. The standard InChI is InChI=1S/C18H26N2O2/c1-14(2)16-5-3-15(4-6-16)13-19-8-10-20(11-9-19)17-7-12-22-18(17)21/h3-6,14,17H,7-13H2,1-2H3. The fourth-order valence-electron chi connectivity index (χ4n) is 3.32. The van der Waals surface area contributed by atoms with Crippen molar-refractivity contribution in [3.05, 3.63) is 35.4 Å². The number of rotatable bonds is 4. The van der Waals surface area contributed by atoms with E-state index in [4.69, 9.17) is 4.74 Å². The maximum atomic E-state index is 11.7. The first-order valence-corrected chi connectivity index (χ1v) is 8.35.